The molecular weight excluding hydrogens is 248 g/mol. The number of hydrogen-bond donors (Lipinski definition) is 0. The van der Waals surface area contributed by atoms with Gasteiger partial charge in [-0.1, -0.05) is 24.3 Å². The molecule has 94 valence electrons. The Morgan fingerprint density at radius 1 is 0.833 bits per heavy atom. The zero-order valence-electron chi connectivity index (χ0n) is 9.04. The van der Waals surface area contributed by atoms with Gasteiger partial charge in [0.25, 0.3) is 0 Å². The summed E-state index contributed by atoms with van der Waals surface area (Å²) in [6.07, 6.45) is -4.80. The molecule has 0 atom stereocenters. The first-order chi connectivity index (χ1) is 8.48. The summed E-state index contributed by atoms with van der Waals surface area (Å²) in [6, 6.07) is 10.9. The van der Waals surface area contributed by atoms with Crippen molar-refractivity contribution in [1.82, 2.24) is 0 Å². The van der Waals surface area contributed by atoms with Crippen molar-refractivity contribution in [2.75, 3.05) is 0 Å². The lowest BCUT2D eigenvalue weighted by Gasteiger charge is -2.14. The number of alkyl halides is 3. The number of rotatable bonds is 2. The number of halogens is 4. The fraction of sp³-hybridized carbons (Fsp3) is 0.0769. The zero-order valence-corrected chi connectivity index (χ0v) is 9.04. The van der Waals surface area contributed by atoms with Crippen molar-refractivity contribution in [3.05, 3.63) is 59.9 Å². The second-order valence-corrected chi connectivity index (χ2v) is 3.53. The lowest BCUT2D eigenvalue weighted by molar-refractivity contribution is -0.141. The predicted octanol–water partition coefficient (Wildman–Crippen LogP) is 4.64. The smallest absolute Gasteiger partial charge is 0.422 e. The Balaban J connectivity index is 2.43. The van der Waals surface area contributed by atoms with E-state index in [0.29, 0.717) is 0 Å². The summed E-state index contributed by atoms with van der Waals surface area (Å²) in [6.45, 7) is 0. The molecule has 0 fully saturated rings. The van der Waals surface area contributed by atoms with Crippen molar-refractivity contribution in [2.45, 2.75) is 6.18 Å². The van der Waals surface area contributed by atoms with E-state index in [1.807, 2.05) is 0 Å². The van der Waals surface area contributed by atoms with Crippen LogP contribution >= 0.6 is 0 Å². The summed E-state index contributed by atoms with van der Waals surface area (Å²) in [5.41, 5.74) is -1.39. The number of para-hydroxylation sites is 1. The first-order valence-corrected chi connectivity index (χ1v) is 5.07. The van der Waals surface area contributed by atoms with Gasteiger partial charge in [-0.05, 0) is 24.3 Å². The van der Waals surface area contributed by atoms with Gasteiger partial charge in [-0.2, -0.15) is 13.2 Å². The average Bonchev–Trinajstić information content (AvgIpc) is 2.28. The molecule has 0 bridgehead atoms. The van der Waals surface area contributed by atoms with Crippen LogP contribution in [0.1, 0.15) is 5.56 Å². The highest BCUT2D eigenvalue weighted by atomic mass is 19.4. The van der Waals surface area contributed by atoms with Gasteiger partial charge in [0.1, 0.15) is 22.9 Å². The predicted molar refractivity (Wildman–Crippen MR) is 57.9 cm³/mol. The Morgan fingerprint density at radius 3 is 2.11 bits per heavy atom. The highest BCUT2D eigenvalue weighted by molar-refractivity contribution is 5.40. The average molecular weight is 256 g/mol. The Labute approximate surface area is 101 Å². The minimum absolute atomic E-state index is 0.216. The molecule has 2 aromatic carbocycles. The van der Waals surface area contributed by atoms with E-state index in [1.54, 1.807) is 18.2 Å². The molecule has 0 radical (unpaired) electrons. The van der Waals surface area contributed by atoms with E-state index in [9.17, 15) is 17.6 Å². The SMILES string of the molecule is Fc1cccc(Oc2ccccc2)c1C(F)(F)F. The van der Waals surface area contributed by atoms with Gasteiger partial charge in [-0.25, -0.2) is 4.39 Å². The molecule has 2 aromatic rings. The normalized spacial score (nSPS) is 11.3. The van der Waals surface area contributed by atoms with E-state index >= 15 is 0 Å². The molecule has 0 aliphatic rings. The van der Waals surface area contributed by atoms with Crippen LogP contribution in [0.15, 0.2) is 48.5 Å². The largest absolute Gasteiger partial charge is 0.457 e. The van der Waals surface area contributed by atoms with E-state index < -0.39 is 23.3 Å². The lowest BCUT2D eigenvalue weighted by atomic mass is 10.2. The van der Waals surface area contributed by atoms with Crippen LogP contribution in [0.5, 0.6) is 11.5 Å². The van der Waals surface area contributed by atoms with Crippen molar-refractivity contribution in [2.24, 2.45) is 0 Å². The third kappa shape index (κ3) is 2.61. The van der Waals surface area contributed by atoms with Gasteiger partial charge < -0.3 is 4.74 Å². The van der Waals surface area contributed by atoms with Crippen molar-refractivity contribution in [3.63, 3.8) is 0 Å². The van der Waals surface area contributed by atoms with E-state index in [1.165, 1.54) is 18.2 Å². The van der Waals surface area contributed by atoms with Crippen molar-refractivity contribution in [1.29, 1.82) is 0 Å². The van der Waals surface area contributed by atoms with Crippen LogP contribution in [-0.4, -0.2) is 0 Å². The molecule has 0 aliphatic carbocycles. The molecule has 2 rings (SSSR count). The van der Waals surface area contributed by atoms with Crippen LogP contribution in [0.2, 0.25) is 0 Å². The summed E-state index contributed by atoms with van der Waals surface area (Å²) in [7, 11) is 0. The molecule has 0 aromatic heterocycles. The molecule has 0 saturated heterocycles. The topological polar surface area (TPSA) is 9.23 Å². The summed E-state index contributed by atoms with van der Waals surface area (Å²) in [5.74, 6) is -1.68. The van der Waals surface area contributed by atoms with Crippen molar-refractivity contribution in [3.8, 4) is 11.5 Å². The number of benzene rings is 2. The van der Waals surface area contributed by atoms with Crippen LogP contribution < -0.4 is 4.74 Å². The van der Waals surface area contributed by atoms with Gasteiger partial charge in [0.05, 0.1) is 0 Å². The molecule has 0 spiro atoms. The highest BCUT2D eigenvalue weighted by Crippen LogP contribution is 2.39. The van der Waals surface area contributed by atoms with Gasteiger partial charge in [-0.3, -0.25) is 0 Å². The van der Waals surface area contributed by atoms with Crippen LogP contribution in [0, 0.1) is 5.82 Å². The summed E-state index contributed by atoms with van der Waals surface area (Å²) < 4.78 is 56.4. The van der Waals surface area contributed by atoms with Gasteiger partial charge in [-0.15, -0.1) is 0 Å². The number of hydrogen-bond acceptors (Lipinski definition) is 1. The zero-order chi connectivity index (χ0) is 13.2. The molecule has 0 unspecified atom stereocenters. The fourth-order valence-corrected chi connectivity index (χ4v) is 1.48. The first kappa shape index (κ1) is 12.4. The van der Waals surface area contributed by atoms with E-state index in [4.69, 9.17) is 4.74 Å². The maximum absolute atomic E-state index is 13.2. The Bertz CT molecular complexity index is 534. The van der Waals surface area contributed by atoms with Gasteiger partial charge in [0.15, 0.2) is 0 Å². The first-order valence-electron chi connectivity index (χ1n) is 5.07. The molecule has 0 amide bonds. The second kappa shape index (κ2) is 4.68. The van der Waals surface area contributed by atoms with Gasteiger partial charge >= 0.3 is 6.18 Å². The van der Waals surface area contributed by atoms with Gasteiger partial charge in [0, 0.05) is 0 Å². The Hall–Kier alpha value is -2.04. The standard InChI is InChI=1S/C13H8F4O/c14-10-7-4-8-11(12(10)13(15,16)17)18-9-5-2-1-3-6-9/h1-8H. The van der Waals surface area contributed by atoms with Crippen molar-refractivity contribution >= 4 is 0 Å². The summed E-state index contributed by atoms with van der Waals surface area (Å²) in [4.78, 5) is 0. The third-order valence-corrected chi connectivity index (χ3v) is 2.23. The summed E-state index contributed by atoms with van der Waals surface area (Å²) in [5, 5.41) is 0. The van der Waals surface area contributed by atoms with Crippen LogP contribution in [0.4, 0.5) is 17.6 Å². The Kier molecular flexibility index (Phi) is 3.23. The molecule has 0 aliphatic heterocycles. The highest BCUT2D eigenvalue weighted by Gasteiger charge is 2.37. The minimum atomic E-state index is -4.80. The number of ether oxygens (including phenoxy) is 1. The Morgan fingerprint density at radius 2 is 1.50 bits per heavy atom. The van der Waals surface area contributed by atoms with Crippen LogP contribution in [0.3, 0.4) is 0 Å². The van der Waals surface area contributed by atoms with Crippen LogP contribution in [-0.2, 0) is 6.18 Å². The maximum atomic E-state index is 13.2. The molecule has 1 nitrogen and oxygen atoms in total. The second-order valence-electron chi connectivity index (χ2n) is 3.53. The molecule has 0 saturated carbocycles. The van der Waals surface area contributed by atoms with E-state index in [-0.39, 0.29) is 5.75 Å². The van der Waals surface area contributed by atoms with Crippen molar-refractivity contribution < 1.29 is 22.3 Å². The third-order valence-electron chi connectivity index (χ3n) is 2.23. The maximum Gasteiger partial charge on any atom is 0.422 e. The quantitative estimate of drug-likeness (QED) is 0.711. The monoisotopic (exact) mass is 256 g/mol. The lowest BCUT2D eigenvalue weighted by Crippen LogP contribution is -2.10. The molecular formula is C13H8F4O. The van der Waals surface area contributed by atoms with E-state index in [0.717, 1.165) is 12.1 Å². The molecule has 18 heavy (non-hydrogen) atoms. The molecule has 5 heteroatoms. The van der Waals surface area contributed by atoms with Gasteiger partial charge in [0.2, 0.25) is 0 Å². The minimum Gasteiger partial charge on any atom is -0.457 e. The fourth-order valence-electron chi connectivity index (χ4n) is 1.48. The van der Waals surface area contributed by atoms with E-state index in [2.05, 4.69) is 0 Å². The van der Waals surface area contributed by atoms with Crippen LogP contribution in [0.25, 0.3) is 0 Å². The molecule has 0 heterocycles. The molecule has 0 N–H and O–H groups in total. The summed E-state index contributed by atoms with van der Waals surface area (Å²) >= 11 is 0.